The molecule has 12 nitrogen and oxygen atoms in total. The first-order valence-electron chi connectivity index (χ1n) is 28.3. The largest absolute Gasteiger partial charge is 0.459 e. The van der Waals surface area contributed by atoms with Gasteiger partial charge in [0.15, 0.2) is 24.8 Å². The molecule has 9 rings (SSSR count). The van der Waals surface area contributed by atoms with Gasteiger partial charge in [-0.2, -0.15) is 0 Å². The zero-order valence-electron chi connectivity index (χ0n) is 45.6. The Morgan fingerprint density at radius 1 is 0.680 bits per heavy atom. The molecule has 6 fully saturated rings. The molecule has 19 atom stereocenters. The second-order valence-electron chi connectivity index (χ2n) is 24.3. The molecule has 6 aliphatic rings. The second kappa shape index (κ2) is 23.5. The van der Waals surface area contributed by atoms with Crippen molar-refractivity contribution in [3.63, 3.8) is 0 Å². The van der Waals surface area contributed by atoms with Crippen molar-refractivity contribution in [1.82, 2.24) is 0 Å². The van der Waals surface area contributed by atoms with Gasteiger partial charge in [0.25, 0.3) is 0 Å². The van der Waals surface area contributed by atoms with E-state index in [0.29, 0.717) is 66.9 Å². The highest BCUT2D eigenvalue weighted by atomic mass is 16.7. The number of rotatable bonds is 17. The number of benzene rings is 3. The van der Waals surface area contributed by atoms with Gasteiger partial charge in [-0.05, 0) is 140 Å². The Morgan fingerprint density at radius 3 is 1.89 bits per heavy atom. The molecule has 2 heterocycles. The van der Waals surface area contributed by atoms with Gasteiger partial charge in [-0.1, -0.05) is 110 Å². The van der Waals surface area contributed by atoms with Crippen molar-refractivity contribution in [2.24, 2.45) is 75.9 Å². The van der Waals surface area contributed by atoms with Crippen LogP contribution < -0.4 is 0 Å². The first-order valence-corrected chi connectivity index (χ1v) is 28.3. The highest BCUT2D eigenvalue weighted by Gasteiger charge is 2.64. The van der Waals surface area contributed by atoms with Crippen LogP contribution in [0.1, 0.15) is 151 Å². The van der Waals surface area contributed by atoms with E-state index in [-0.39, 0.29) is 82.5 Å². The van der Waals surface area contributed by atoms with E-state index >= 15 is 0 Å². The molecule has 0 N–H and O–H groups in total. The maximum atomic E-state index is 14.3. The summed E-state index contributed by atoms with van der Waals surface area (Å²) in [6, 6.07) is 26.9. The lowest BCUT2D eigenvalue weighted by molar-refractivity contribution is -0.294. The van der Waals surface area contributed by atoms with E-state index < -0.39 is 48.8 Å². The molecule has 4 aliphatic carbocycles. The van der Waals surface area contributed by atoms with Crippen LogP contribution in [0.3, 0.4) is 0 Å². The first kappa shape index (κ1) is 55.0. The minimum Gasteiger partial charge on any atom is -0.459 e. The van der Waals surface area contributed by atoms with Crippen molar-refractivity contribution in [3.05, 3.63) is 108 Å². The number of ether oxygens (including phenoxy) is 7. The Hall–Kier alpha value is -4.75. The molecule has 0 bridgehead atoms. The third-order valence-corrected chi connectivity index (χ3v) is 19.9. The summed E-state index contributed by atoms with van der Waals surface area (Å²) in [5.41, 5.74) is 1.27. The van der Waals surface area contributed by atoms with Crippen molar-refractivity contribution >= 4 is 29.5 Å². The van der Waals surface area contributed by atoms with Gasteiger partial charge in [0.05, 0.1) is 42.1 Å². The lowest BCUT2D eigenvalue weighted by Gasteiger charge is -2.61. The van der Waals surface area contributed by atoms with Crippen molar-refractivity contribution in [3.8, 4) is 0 Å². The molecule has 12 heteroatoms. The first-order chi connectivity index (χ1) is 36.0. The van der Waals surface area contributed by atoms with Crippen molar-refractivity contribution in [2.45, 2.75) is 157 Å². The second-order valence-corrected chi connectivity index (χ2v) is 24.3. The van der Waals surface area contributed by atoms with Gasteiger partial charge in [-0.25, -0.2) is 14.4 Å². The standard InChI is InChI=1S/C63H82O12/c1-37(34-70-60-55(39(3)38(2)35-71-60)74-58(67)44-20-14-10-15-21-44)24-27-51(64)42(6)54-52(65)33-50-48-26-25-46-32-47(28-30-62(46,7)49(48)29-31-63(50,54)8)72-61-56(75-59(68)45-22-16-11-17-23-45)41(5)40(4)53(73-61)36-69-57(66)43-18-12-9-13-19-43/h9-23,37-42,46-50,53-56,60-61H,24-36H2,1-8H3/t37-,38-,39-,40+,41-,42+,46?,47?,48?,49?,50?,53?,54?,55?,56?,60+,61+,62?,63?/m0/s1. The van der Waals surface area contributed by atoms with Crippen LogP contribution in [0, 0.1) is 75.9 Å². The van der Waals surface area contributed by atoms with Gasteiger partial charge in [0, 0.05) is 36.5 Å². The SMILES string of the molecule is C[C@@H](CCC(=O)[C@@H](C)C1C(=O)CC2C3CCC4CC(O[C@@H]5OC(COC(=O)c6ccccc6)[C@H](C)[C@H](C)C5OC(=O)c5ccccc5)CCC4(C)C3CCC21C)CO[C@@H]1OC[C@H](C)[C@H](C)C1OC(=O)c1ccccc1. The van der Waals surface area contributed by atoms with E-state index in [2.05, 4.69) is 41.5 Å². The number of ketones is 2. The smallest absolute Gasteiger partial charge is 0.338 e. The van der Waals surface area contributed by atoms with E-state index in [1.165, 1.54) is 0 Å². The molecule has 11 unspecified atom stereocenters. The monoisotopic (exact) mass is 1030 g/mol. The van der Waals surface area contributed by atoms with Crippen LogP contribution in [-0.2, 0) is 42.7 Å². The molecule has 3 aromatic rings. The fraction of sp³-hybridized carbons (Fsp3) is 0.635. The van der Waals surface area contributed by atoms with Gasteiger partial charge in [-0.15, -0.1) is 0 Å². The molecular weight excluding hydrogens is 949 g/mol. The molecular formula is C63H82O12. The van der Waals surface area contributed by atoms with E-state index in [4.69, 9.17) is 33.2 Å². The molecule has 0 radical (unpaired) electrons. The van der Waals surface area contributed by atoms with Crippen LogP contribution in [0.2, 0.25) is 0 Å². The third kappa shape index (κ3) is 11.6. The van der Waals surface area contributed by atoms with E-state index in [0.717, 1.165) is 44.9 Å². The van der Waals surface area contributed by atoms with E-state index in [1.807, 2.05) is 56.3 Å². The van der Waals surface area contributed by atoms with Crippen LogP contribution in [0.5, 0.6) is 0 Å². The molecule has 75 heavy (non-hydrogen) atoms. The zero-order chi connectivity index (χ0) is 53.2. The molecule has 2 saturated heterocycles. The van der Waals surface area contributed by atoms with Gasteiger partial charge in [-0.3, -0.25) is 9.59 Å². The molecule has 3 aromatic carbocycles. The Labute approximate surface area is 445 Å². The maximum absolute atomic E-state index is 14.3. The quantitative estimate of drug-likeness (QED) is 0.0719. The molecule has 0 aromatic heterocycles. The molecule has 4 saturated carbocycles. The Bertz CT molecular complexity index is 2450. The number of carbonyl (C=O) groups excluding carboxylic acids is 5. The number of Topliss-reactive ketones (excluding diaryl/α,β-unsaturated/α-hetero) is 2. The van der Waals surface area contributed by atoms with Crippen molar-refractivity contribution in [2.75, 3.05) is 19.8 Å². The topological polar surface area (TPSA) is 150 Å². The summed E-state index contributed by atoms with van der Waals surface area (Å²) in [5.74, 6) is 0.0992. The Kier molecular flexibility index (Phi) is 17.2. The lowest BCUT2D eigenvalue weighted by Crippen LogP contribution is -2.56. The summed E-state index contributed by atoms with van der Waals surface area (Å²) >= 11 is 0. The molecule has 0 spiro atoms. The normalized spacial score (nSPS) is 37.2. The van der Waals surface area contributed by atoms with E-state index in [9.17, 15) is 24.0 Å². The minimum atomic E-state index is -0.844. The predicted octanol–water partition coefficient (Wildman–Crippen LogP) is 11.8. The number of carbonyl (C=O) groups is 5. The summed E-state index contributed by atoms with van der Waals surface area (Å²) in [6.07, 6.45) is 4.95. The number of hydrogen-bond donors (Lipinski definition) is 0. The lowest BCUT2D eigenvalue weighted by atomic mass is 9.44. The van der Waals surface area contributed by atoms with Crippen molar-refractivity contribution in [1.29, 1.82) is 0 Å². The summed E-state index contributed by atoms with van der Waals surface area (Å²) in [5, 5.41) is 0. The highest BCUT2D eigenvalue weighted by Crippen LogP contribution is 2.68. The fourth-order valence-electron chi connectivity index (χ4n) is 14.8. The third-order valence-electron chi connectivity index (χ3n) is 19.9. The van der Waals surface area contributed by atoms with Gasteiger partial charge in [0.1, 0.15) is 18.2 Å². The van der Waals surface area contributed by atoms with Gasteiger partial charge in [0.2, 0.25) is 0 Å². The summed E-state index contributed by atoms with van der Waals surface area (Å²) in [7, 11) is 0. The summed E-state index contributed by atoms with van der Waals surface area (Å²) < 4.78 is 44.2. The predicted molar refractivity (Wildman–Crippen MR) is 282 cm³/mol. The van der Waals surface area contributed by atoms with E-state index in [1.54, 1.807) is 48.5 Å². The van der Waals surface area contributed by atoms with Crippen LogP contribution in [0.25, 0.3) is 0 Å². The summed E-state index contributed by atoms with van der Waals surface area (Å²) in [6.45, 7) is 18.0. The van der Waals surface area contributed by atoms with Gasteiger partial charge < -0.3 is 33.2 Å². The number of fused-ring (bicyclic) bond motifs is 5. The molecule has 2 aliphatic heterocycles. The van der Waals surface area contributed by atoms with Crippen LogP contribution in [-0.4, -0.2) is 86.3 Å². The maximum Gasteiger partial charge on any atom is 0.338 e. The van der Waals surface area contributed by atoms with Gasteiger partial charge >= 0.3 is 17.9 Å². The van der Waals surface area contributed by atoms with Crippen LogP contribution in [0.15, 0.2) is 91.0 Å². The Morgan fingerprint density at radius 2 is 1.27 bits per heavy atom. The highest BCUT2D eigenvalue weighted by molar-refractivity contribution is 5.92. The number of esters is 3. The zero-order valence-corrected chi connectivity index (χ0v) is 45.6. The van der Waals surface area contributed by atoms with Crippen LogP contribution in [0.4, 0.5) is 0 Å². The minimum absolute atomic E-state index is 0.0399. The average Bonchev–Trinajstić information content (AvgIpc) is 3.70. The average molecular weight is 1030 g/mol. The number of hydrogen-bond acceptors (Lipinski definition) is 12. The van der Waals surface area contributed by atoms with Crippen LogP contribution >= 0.6 is 0 Å². The Balaban J connectivity index is 0.798. The molecule has 406 valence electrons. The summed E-state index contributed by atoms with van der Waals surface area (Å²) in [4.78, 5) is 68.1. The fourth-order valence-corrected chi connectivity index (χ4v) is 14.8. The molecule has 0 amide bonds. The van der Waals surface area contributed by atoms with Crippen molar-refractivity contribution < 1.29 is 57.1 Å².